The second-order valence-corrected chi connectivity index (χ2v) is 5.98. The fourth-order valence-corrected chi connectivity index (χ4v) is 2.57. The van der Waals surface area contributed by atoms with E-state index in [1.807, 2.05) is 19.1 Å². The molecule has 2 aromatic rings. The van der Waals surface area contributed by atoms with Gasteiger partial charge in [0.05, 0.1) is 26.5 Å². The summed E-state index contributed by atoms with van der Waals surface area (Å²) in [5, 5.41) is 2.44. The maximum atomic E-state index is 13.6. The molecule has 0 spiro atoms. The lowest BCUT2D eigenvalue weighted by Gasteiger charge is -2.19. The number of benzene rings is 2. The average molecular weight is 364 g/mol. The van der Waals surface area contributed by atoms with Crippen LogP contribution in [0.15, 0.2) is 30.3 Å². The summed E-state index contributed by atoms with van der Waals surface area (Å²) in [5.41, 5.74) is 1.93. The minimum Gasteiger partial charge on any atom is -0.493 e. The molecule has 2 rings (SSSR count). The predicted molar refractivity (Wildman–Crippen MR) is 95.6 cm³/mol. The number of hydrogen-bond donors (Lipinski definition) is 1. The zero-order chi connectivity index (χ0) is 19.3. The normalized spacial score (nSPS) is 10.7. The van der Waals surface area contributed by atoms with Crippen LogP contribution in [-0.2, 0) is 11.3 Å². The molecule has 0 fully saturated rings. The van der Waals surface area contributed by atoms with Gasteiger partial charge in [0.2, 0.25) is 5.91 Å². The lowest BCUT2D eigenvalue weighted by molar-refractivity contribution is -0.117. The van der Waals surface area contributed by atoms with E-state index in [1.54, 1.807) is 26.2 Å². The number of hydrogen-bond acceptors (Lipinski definition) is 4. The van der Waals surface area contributed by atoms with Crippen LogP contribution in [0.4, 0.5) is 14.5 Å². The molecule has 0 atom stereocenters. The maximum Gasteiger partial charge on any atom is 0.238 e. The van der Waals surface area contributed by atoms with Crippen LogP contribution < -0.4 is 14.8 Å². The van der Waals surface area contributed by atoms with Crippen molar-refractivity contribution >= 4 is 11.6 Å². The first-order chi connectivity index (χ1) is 12.3. The number of carbonyl (C=O) groups is 1. The van der Waals surface area contributed by atoms with Gasteiger partial charge in [0.1, 0.15) is 11.6 Å². The lowest BCUT2D eigenvalue weighted by Crippen LogP contribution is -2.30. The molecule has 0 saturated carbocycles. The van der Waals surface area contributed by atoms with Crippen molar-refractivity contribution < 1.29 is 23.0 Å². The molecule has 7 heteroatoms. The summed E-state index contributed by atoms with van der Waals surface area (Å²) in [7, 11) is 4.91. The number of carbonyl (C=O) groups excluding carboxylic acids is 1. The van der Waals surface area contributed by atoms with Gasteiger partial charge in [0.25, 0.3) is 0 Å². The summed E-state index contributed by atoms with van der Waals surface area (Å²) in [5.74, 6) is -0.644. The fraction of sp³-hybridized carbons (Fsp3) is 0.316. The van der Waals surface area contributed by atoms with E-state index < -0.39 is 17.5 Å². The Balaban J connectivity index is 2.01. The van der Waals surface area contributed by atoms with Crippen LogP contribution in [0, 0.1) is 18.6 Å². The van der Waals surface area contributed by atoms with Gasteiger partial charge in [-0.05, 0) is 49.4 Å². The topological polar surface area (TPSA) is 50.8 Å². The first-order valence-electron chi connectivity index (χ1n) is 7.99. The van der Waals surface area contributed by atoms with Crippen LogP contribution in [0.1, 0.15) is 11.1 Å². The van der Waals surface area contributed by atoms with Gasteiger partial charge in [-0.2, -0.15) is 0 Å². The van der Waals surface area contributed by atoms with Crippen LogP contribution in [-0.4, -0.2) is 38.6 Å². The van der Waals surface area contributed by atoms with Crippen LogP contribution in [0.2, 0.25) is 0 Å². The van der Waals surface area contributed by atoms with Gasteiger partial charge < -0.3 is 14.8 Å². The fourth-order valence-electron chi connectivity index (χ4n) is 2.57. The number of rotatable bonds is 7. The molecule has 0 aliphatic rings. The smallest absolute Gasteiger partial charge is 0.238 e. The Labute approximate surface area is 151 Å². The Hall–Kier alpha value is -2.67. The number of amides is 1. The van der Waals surface area contributed by atoms with Crippen LogP contribution in [0.3, 0.4) is 0 Å². The number of likely N-dealkylation sites (N-methyl/N-ethyl adjacent to an activating group) is 1. The highest BCUT2D eigenvalue weighted by molar-refractivity contribution is 5.92. The first-order valence-corrected chi connectivity index (χ1v) is 7.99. The summed E-state index contributed by atoms with van der Waals surface area (Å²) < 4.78 is 37.1. The van der Waals surface area contributed by atoms with Gasteiger partial charge in [0, 0.05) is 12.6 Å². The molecule has 26 heavy (non-hydrogen) atoms. The molecule has 1 amide bonds. The molecule has 0 aliphatic carbocycles. The lowest BCUT2D eigenvalue weighted by atomic mass is 10.1. The molecule has 0 unspecified atom stereocenters. The Bertz CT molecular complexity index is 797. The molecule has 0 aromatic heterocycles. The summed E-state index contributed by atoms with van der Waals surface area (Å²) in [4.78, 5) is 13.9. The van der Waals surface area contributed by atoms with E-state index in [0.717, 1.165) is 23.3 Å². The summed E-state index contributed by atoms with van der Waals surface area (Å²) in [6.45, 7) is 2.48. The number of methoxy groups -OCH3 is 2. The molecular formula is C19H22F2N2O3. The molecular weight excluding hydrogens is 342 g/mol. The minimum atomic E-state index is -0.809. The minimum absolute atomic E-state index is 0.0462. The third-order valence-electron chi connectivity index (χ3n) is 3.90. The number of anilines is 1. The highest BCUT2D eigenvalue weighted by atomic mass is 19.1. The Morgan fingerprint density at radius 3 is 2.38 bits per heavy atom. The molecule has 0 radical (unpaired) electrons. The van der Waals surface area contributed by atoms with Crippen molar-refractivity contribution in [3.8, 4) is 11.5 Å². The zero-order valence-corrected chi connectivity index (χ0v) is 15.2. The van der Waals surface area contributed by atoms with E-state index in [9.17, 15) is 13.6 Å². The number of aryl methyl sites for hydroxylation is 1. The maximum absolute atomic E-state index is 13.6. The van der Waals surface area contributed by atoms with Crippen LogP contribution in [0.25, 0.3) is 0 Å². The zero-order valence-electron chi connectivity index (χ0n) is 15.2. The van der Waals surface area contributed by atoms with Crippen molar-refractivity contribution in [3.05, 3.63) is 53.1 Å². The highest BCUT2D eigenvalue weighted by Gasteiger charge is 2.14. The Morgan fingerprint density at radius 1 is 1.12 bits per heavy atom. The SMILES string of the molecule is COc1cc(C)c(CN(C)CC(=O)Nc2ccc(F)cc2F)cc1OC. The van der Waals surface area contributed by atoms with E-state index >= 15 is 0 Å². The standard InChI is InChI=1S/C19H22F2N2O3/c1-12-7-17(25-3)18(26-4)8-13(12)10-23(2)11-19(24)22-16-6-5-14(20)9-15(16)21/h5-9H,10-11H2,1-4H3,(H,22,24). The van der Waals surface area contributed by atoms with E-state index in [1.165, 1.54) is 6.07 Å². The third kappa shape index (κ3) is 4.92. The summed E-state index contributed by atoms with van der Waals surface area (Å²) in [6, 6.07) is 6.75. The van der Waals surface area contributed by atoms with Gasteiger partial charge in [-0.25, -0.2) is 8.78 Å². The van der Waals surface area contributed by atoms with E-state index in [4.69, 9.17) is 9.47 Å². The molecule has 2 aromatic carbocycles. The van der Waals surface area contributed by atoms with Crippen molar-refractivity contribution in [1.29, 1.82) is 0 Å². The monoisotopic (exact) mass is 364 g/mol. The second kappa shape index (κ2) is 8.62. The molecule has 5 nitrogen and oxygen atoms in total. The summed E-state index contributed by atoms with van der Waals surface area (Å²) >= 11 is 0. The van der Waals surface area contributed by atoms with Crippen LogP contribution >= 0.6 is 0 Å². The molecule has 0 saturated heterocycles. The quantitative estimate of drug-likeness (QED) is 0.819. The largest absolute Gasteiger partial charge is 0.493 e. The third-order valence-corrected chi connectivity index (χ3v) is 3.90. The van der Waals surface area contributed by atoms with Gasteiger partial charge in [-0.3, -0.25) is 9.69 Å². The number of nitrogens with one attached hydrogen (secondary N) is 1. The highest BCUT2D eigenvalue weighted by Crippen LogP contribution is 2.30. The number of halogens is 2. The van der Waals surface area contributed by atoms with Crippen molar-refractivity contribution in [1.82, 2.24) is 4.90 Å². The van der Waals surface area contributed by atoms with Gasteiger partial charge in [-0.1, -0.05) is 0 Å². The Kier molecular flexibility index (Phi) is 6.52. The summed E-state index contributed by atoms with van der Waals surface area (Å²) in [6.07, 6.45) is 0. The van der Waals surface area contributed by atoms with E-state index in [2.05, 4.69) is 5.32 Å². The van der Waals surface area contributed by atoms with E-state index in [-0.39, 0.29) is 12.2 Å². The van der Waals surface area contributed by atoms with E-state index in [0.29, 0.717) is 18.0 Å². The van der Waals surface area contributed by atoms with Gasteiger partial charge in [-0.15, -0.1) is 0 Å². The molecule has 0 bridgehead atoms. The first kappa shape index (κ1) is 19.7. The predicted octanol–water partition coefficient (Wildman–Crippen LogP) is 3.36. The molecule has 1 N–H and O–H groups in total. The number of nitrogens with zero attached hydrogens (tertiary/aromatic N) is 1. The number of ether oxygens (including phenoxy) is 2. The molecule has 0 heterocycles. The van der Waals surface area contributed by atoms with Gasteiger partial charge in [0.15, 0.2) is 11.5 Å². The Morgan fingerprint density at radius 2 is 1.77 bits per heavy atom. The van der Waals surface area contributed by atoms with Crippen LogP contribution in [0.5, 0.6) is 11.5 Å². The molecule has 140 valence electrons. The second-order valence-electron chi connectivity index (χ2n) is 5.98. The van der Waals surface area contributed by atoms with Crippen molar-refractivity contribution in [2.75, 3.05) is 33.1 Å². The van der Waals surface area contributed by atoms with Crippen molar-refractivity contribution in [3.63, 3.8) is 0 Å². The van der Waals surface area contributed by atoms with Crippen molar-refractivity contribution in [2.45, 2.75) is 13.5 Å². The van der Waals surface area contributed by atoms with Gasteiger partial charge >= 0.3 is 0 Å². The average Bonchev–Trinajstić information content (AvgIpc) is 2.58. The van der Waals surface area contributed by atoms with Crippen molar-refractivity contribution in [2.24, 2.45) is 0 Å². The molecule has 0 aliphatic heterocycles.